The molecular formula is C20H16N4O3. The summed E-state index contributed by atoms with van der Waals surface area (Å²) in [5, 5.41) is 14.3. The number of benzene rings is 2. The fourth-order valence-corrected chi connectivity index (χ4v) is 3.16. The van der Waals surface area contributed by atoms with Gasteiger partial charge in [0.1, 0.15) is 0 Å². The molecule has 0 unspecified atom stereocenters. The molecule has 2 aromatic carbocycles. The minimum atomic E-state index is -0.557. The number of hydrogen-bond acceptors (Lipinski definition) is 5. The van der Waals surface area contributed by atoms with Gasteiger partial charge in [-0.15, -0.1) is 0 Å². The lowest BCUT2D eigenvalue weighted by molar-refractivity contribution is -0.384. The van der Waals surface area contributed by atoms with Gasteiger partial charge in [-0.05, 0) is 37.3 Å². The molecule has 1 N–H and O–H groups in total. The smallest absolute Gasteiger partial charge is 0.271 e. The first kappa shape index (κ1) is 16.7. The molecule has 0 saturated carbocycles. The van der Waals surface area contributed by atoms with Gasteiger partial charge in [-0.25, -0.2) is 0 Å². The van der Waals surface area contributed by atoms with Crippen molar-refractivity contribution in [2.45, 2.75) is 13.1 Å². The number of non-ortho nitro benzene ring substituents is 1. The molecule has 7 nitrogen and oxygen atoms in total. The summed E-state index contributed by atoms with van der Waals surface area (Å²) in [6.45, 7) is 1.98. The number of aromatic nitrogens is 1. The van der Waals surface area contributed by atoms with E-state index in [-0.39, 0.29) is 11.6 Å². The number of anilines is 2. The molecule has 0 fully saturated rings. The highest BCUT2D eigenvalue weighted by Crippen LogP contribution is 2.37. The van der Waals surface area contributed by atoms with Crippen LogP contribution in [0.3, 0.4) is 0 Å². The van der Waals surface area contributed by atoms with E-state index < -0.39 is 11.1 Å². The van der Waals surface area contributed by atoms with Crippen molar-refractivity contribution in [1.82, 2.24) is 4.98 Å². The van der Waals surface area contributed by atoms with E-state index in [9.17, 15) is 14.9 Å². The Morgan fingerprint density at radius 3 is 2.63 bits per heavy atom. The second-order valence-corrected chi connectivity index (χ2v) is 6.30. The monoisotopic (exact) mass is 360 g/mol. The molecule has 27 heavy (non-hydrogen) atoms. The zero-order valence-electron chi connectivity index (χ0n) is 14.5. The number of pyridine rings is 1. The van der Waals surface area contributed by atoms with Gasteiger partial charge in [-0.1, -0.05) is 23.8 Å². The molecule has 1 aliphatic rings. The SMILES string of the molecule is Cc1ccc(N2C(=O)c3cccnc3[C@H]2Nc2cccc([N+](=O)[O-])c2)cc1. The molecule has 1 amide bonds. The largest absolute Gasteiger partial charge is 0.360 e. The molecule has 2 heterocycles. The van der Waals surface area contributed by atoms with Crippen LogP contribution in [-0.4, -0.2) is 15.8 Å². The molecule has 7 heteroatoms. The van der Waals surface area contributed by atoms with Gasteiger partial charge in [0.2, 0.25) is 0 Å². The van der Waals surface area contributed by atoms with E-state index in [0.29, 0.717) is 16.9 Å². The molecular weight excluding hydrogens is 344 g/mol. The Bertz CT molecular complexity index is 1030. The maximum absolute atomic E-state index is 13.0. The van der Waals surface area contributed by atoms with Crippen molar-refractivity contribution >= 4 is 23.0 Å². The van der Waals surface area contributed by atoms with Gasteiger partial charge in [0, 0.05) is 29.7 Å². The van der Waals surface area contributed by atoms with Crippen LogP contribution in [0.4, 0.5) is 17.1 Å². The second kappa shape index (κ2) is 6.53. The summed E-state index contributed by atoms with van der Waals surface area (Å²) in [6, 6.07) is 17.3. The molecule has 0 aliphatic carbocycles. The van der Waals surface area contributed by atoms with Gasteiger partial charge in [0.15, 0.2) is 6.17 Å². The zero-order chi connectivity index (χ0) is 19.0. The van der Waals surface area contributed by atoms with Crippen LogP contribution < -0.4 is 10.2 Å². The van der Waals surface area contributed by atoms with Crippen LogP contribution in [0.2, 0.25) is 0 Å². The first-order valence-electron chi connectivity index (χ1n) is 8.41. The number of nitro benzene ring substituents is 1. The average Bonchev–Trinajstić information content (AvgIpc) is 2.95. The Morgan fingerprint density at radius 1 is 1.11 bits per heavy atom. The molecule has 0 saturated heterocycles. The molecule has 3 aromatic rings. The Morgan fingerprint density at radius 2 is 1.89 bits per heavy atom. The third-order valence-corrected chi connectivity index (χ3v) is 4.48. The van der Waals surface area contributed by atoms with Crippen LogP contribution >= 0.6 is 0 Å². The van der Waals surface area contributed by atoms with Crippen molar-refractivity contribution in [2.75, 3.05) is 10.2 Å². The van der Waals surface area contributed by atoms with E-state index in [4.69, 9.17) is 0 Å². The maximum atomic E-state index is 13.0. The van der Waals surface area contributed by atoms with Crippen molar-refractivity contribution in [3.05, 3.63) is 93.8 Å². The summed E-state index contributed by atoms with van der Waals surface area (Å²) >= 11 is 0. The van der Waals surface area contributed by atoms with E-state index >= 15 is 0 Å². The van der Waals surface area contributed by atoms with Gasteiger partial charge in [-0.3, -0.25) is 24.8 Å². The predicted octanol–water partition coefficient (Wildman–Crippen LogP) is 4.07. The second-order valence-electron chi connectivity index (χ2n) is 6.30. The molecule has 0 radical (unpaired) electrons. The number of nitrogens with one attached hydrogen (secondary N) is 1. The van der Waals surface area contributed by atoms with Crippen LogP contribution in [-0.2, 0) is 0 Å². The number of nitro groups is 1. The lowest BCUT2D eigenvalue weighted by Crippen LogP contribution is -2.32. The lowest BCUT2D eigenvalue weighted by Gasteiger charge is -2.26. The highest BCUT2D eigenvalue weighted by Gasteiger charge is 2.39. The Labute approximate surface area is 155 Å². The normalized spacial score (nSPS) is 15.5. The van der Waals surface area contributed by atoms with Crippen molar-refractivity contribution in [3.63, 3.8) is 0 Å². The van der Waals surface area contributed by atoms with E-state index in [1.54, 1.807) is 35.4 Å². The summed E-state index contributed by atoms with van der Waals surface area (Å²) in [4.78, 5) is 29.6. The van der Waals surface area contributed by atoms with Crippen LogP contribution in [0.15, 0.2) is 66.9 Å². The predicted molar refractivity (Wildman–Crippen MR) is 102 cm³/mol. The summed E-state index contributed by atoms with van der Waals surface area (Å²) in [6.07, 6.45) is 1.07. The van der Waals surface area contributed by atoms with Crippen molar-refractivity contribution in [3.8, 4) is 0 Å². The Hall–Kier alpha value is -3.74. The highest BCUT2D eigenvalue weighted by molar-refractivity contribution is 6.11. The van der Waals surface area contributed by atoms with Crippen LogP contribution in [0.5, 0.6) is 0 Å². The summed E-state index contributed by atoms with van der Waals surface area (Å²) in [5.74, 6) is -0.162. The number of amides is 1. The Balaban J connectivity index is 1.77. The van der Waals surface area contributed by atoms with Crippen molar-refractivity contribution < 1.29 is 9.72 Å². The van der Waals surface area contributed by atoms with Crippen LogP contribution in [0.1, 0.15) is 27.8 Å². The number of carbonyl (C=O) groups is 1. The first-order chi connectivity index (χ1) is 13.0. The number of aryl methyl sites for hydroxylation is 1. The van der Waals surface area contributed by atoms with Gasteiger partial charge >= 0.3 is 0 Å². The average molecular weight is 360 g/mol. The lowest BCUT2D eigenvalue weighted by atomic mass is 10.2. The Kier molecular flexibility index (Phi) is 4.04. The molecule has 1 aliphatic heterocycles. The fourth-order valence-electron chi connectivity index (χ4n) is 3.16. The summed E-state index contributed by atoms with van der Waals surface area (Å²) in [7, 11) is 0. The third-order valence-electron chi connectivity index (χ3n) is 4.48. The number of carbonyl (C=O) groups excluding carboxylic acids is 1. The third kappa shape index (κ3) is 2.99. The van der Waals surface area contributed by atoms with E-state index in [2.05, 4.69) is 10.3 Å². The number of nitrogens with zero attached hydrogens (tertiary/aromatic N) is 3. The van der Waals surface area contributed by atoms with Gasteiger partial charge in [0.25, 0.3) is 11.6 Å². The molecule has 0 bridgehead atoms. The topological polar surface area (TPSA) is 88.4 Å². The summed E-state index contributed by atoms with van der Waals surface area (Å²) < 4.78 is 0. The molecule has 134 valence electrons. The van der Waals surface area contributed by atoms with E-state index in [1.165, 1.54) is 12.1 Å². The molecule has 0 spiro atoms. The number of hydrogen-bond donors (Lipinski definition) is 1. The van der Waals surface area contributed by atoms with E-state index in [1.807, 2.05) is 31.2 Å². The van der Waals surface area contributed by atoms with Crippen molar-refractivity contribution in [2.24, 2.45) is 0 Å². The van der Waals surface area contributed by atoms with Crippen molar-refractivity contribution in [1.29, 1.82) is 0 Å². The maximum Gasteiger partial charge on any atom is 0.271 e. The number of rotatable bonds is 4. The van der Waals surface area contributed by atoms with Gasteiger partial charge < -0.3 is 5.32 Å². The standard InChI is InChI=1S/C20H16N4O3/c1-13-7-9-15(10-8-13)23-19(18-17(20(23)25)6-3-11-21-18)22-14-4-2-5-16(12-14)24(26)27/h2-12,19,22H,1H3/t19-/m0/s1. The minimum Gasteiger partial charge on any atom is -0.360 e. The quantitative estimate of drug-likeness (QED) is 0.560. The number of fused-ring (bicyclic) bond motifs is 1. The first-order valence-corrected chi connectivity index (χ1v) is 8.41. The van der Waals surface area contributed by atoms with Crippen LogP contribution in [0, 0.1) is 17.0 Å². The minimum absolute atomic E-state index is 0.0209. The highest BCUT2D eigenvalue weighted by atomic mass is 16.6. The molecule has 4 rings (SSSR count). The van der Waals surface area contributed by atoms with Crippen LogP contribution in [0.25, 0.3) is 0 Å². The fraction of sp³-hybridized carbons (Fsp3) is 0.100. The van der Waals surface area contributed by atoms with Gasteiger partial charge in [0.05, 0.1) is 16.2 Å². The zero-order valence-corrected chi connectivity index (χ0v) is 14.5. The molecule has 1 atom stereocenters. The van der Waals surface area contributed by atoms with E-state index in [0.717, 1.165) is 11.3 Å². The van der Waals surface area contributed by atoms with Gasteiger partial charge in [-0.2, -0.15) is 0 Å². The molecule has 1 aromatic heterocycles. The summed E-state index contributed by atoms with van der Waals surface area (Å²) in [5.41, 5.74) is 3.44.